The van der Waals surface area contributed by atoms with Crippen LogP contribution in [0, 0.1) is 5.82 Å². The summed E-state index contributed by atoms with van der Waals surface area (Å²) in [7, 11) is 0. The Hall–Kier alpha value is -2.89. The van der Waals surface area contributed by atoms with Crippen molar-refractivity contribution in [3.63, 3.8) is 0 Å². The summed E-state index contributed by atoms with van der Waals surface area (Å²) in [5.41, 5.74) is -2.04. The van der Waals surface area contributed by atoms with Gasteiger partial charge in [0.15, 0.2) is 0 Å². The minimum atomic E-state index is -3.21. The van der Waals surface area contributed by atoms with Gasteiger partial charge >= 0.3 is 0 Å². The normalized spacial score (nSPS) is 21.5. The highest BCUT2D eigenvalue weighted by Crippen LogP contribution is 2.48. The van der Waals surface area contributed by atoms with E-state index in [1.165, 1.54) is 31.3 Å². The molecule has 0 radical (unpaired) electrons. The van der Waals surface area contributed by atoms with Gasteiger partial charge < -0.3 is 4.74 Å². The van der Waals surface area contributed by atoms with E-state index >= 15 is 8.78 Å². The van der Waals surface area contributed by atoms with Gasteiger partial charge in [0.2, 0.25) is 5.90 Å². The van der Waals surface area contributed by atoms with E-state index < -0.39 is 22.9 Å². The molecule has 0 fully saturated rings. The molecule has 0 saturated heterocycles. The third kappa shape index (κ3) is 3.37. The van der Waals surface area contributed by atoms with Gasteiger partial charge in [0.1, 0.15) is 22.5 Å². The summed E-state index contributed by atoms with van der Waals surface area (Å²) in [5.74, 6) is -3.57. The Bertz CT molecular complexity index is 1100. The van der Waals surface area contributed by atoms with E-state index in [4.69, 9.17) is 4.74 Å². The average molecular weight is 398 g/mol. The number of nitrogens with zero attached hydrogens (tertiary/aromatic N) is 2. The lowest BCUT2D eigenvalue weighted by Crippen LogP contribution is -2.52. The van der Waals surface area contributed by atoms with E-state index in [-0.39, 0.29) is 23.4 Å². The maximum Gasteiger partial charge on any atom is 0.297 e. The van der Waals surface area contributed by atoms with Gasteiger partial charge in [0.25, 0.3) is 5.92 Å². The summed E-state index contributed by atoms with van der Waals surface area (Å²) in [6.07, 6.45) is 1.44. The molecule has 0 amide bonds. The van der Waals surface area contributed by atoms with Gasteiger partial charge in [-0.05, 0) is 32.9 Å². The molecule has 0 spiro atoms. The van der Waals surface area contributed by atoms with E-state index in [0.717, 1.165) is 0 Å². The van der Waals surface area contributed by atoms with Crippen molar-refractivity contribution in [2.24, 2.45) is 4.99 Å². The lowest BCUT2D eigenvalue weighted by molar-refractivity contribution is -0.109. The van der Waals surface area contributed by atoms with Crippen molar-refractivity contribution in [1.82, 2.24) is 4.98 Å². The quantitative estimate of drug-likeness (QED) is 0.553. The number of ether oxygens (including phenoxy) is 1. The molecule has 1 unspecified atom stereocenters. The Morgan fingerprint density at radius 2 is 1.72 bits per heavy atom. The van der Waals surface area contributed by atoms with Gasteiger partial charge in [-0.15, -0.1) is 0 Å². The highest BCUT2D eigenvalue weighted by atomic mass is 19.3. The van der Waals surface area contributed by atoms with Gasteiger partial charge in [-0.25, -0.2) is 9.38 Å². The van der Waals surface area contributed by atoms with Crippen molar-refractivity contribution in [2.45, 2.75) is 44.3 Å². The van der Waals surface area contributed by atoms with E-state index in [9.17, 15) is 4.39 Å². The fourth-order valence-electron chi connectivity index (χ4n) is 3.92. The molecule has 1 aliphatic heterocycles. The Morgan fingerprint density at radius 3 is 2.45 bits per heavy atom. The van der Waals surface area contributed by atoms with Crippen molar-refractivity contribution in [2.75, 3.05) is 0 Å². The van der Waals surface area contributed by atoms with Crippen molar-refractivity contribution in [1.29, 1.82) is 0 Å². The molecule has 0 bridgehead atoms. The molecule has 2 aromatic carbocycles. The van der Waals surface area contributed by atoms with Gasteiger partial charge in [0, 0.05) is 23.6 Å². The highest BCUT2D eigenvalue weighted by molar-refractivity contribution is 5.98. The van der Waals surface area contributed by atoms with E-state index in [1.54, 1.807) is 50.2 Å². The summed E-state index contributed by atoms with van der Waals surface area (Å²) < 4.78 is 50.9. The molecule has 0 saturated carbocycles. The molecule has 3 nitrogen and oxygen atoms in total. The maximum absolute atomic E-state index is 15.5. The Labute approximate surface area is 167 Å². The highest BCUT2D eigenvalue weighted by Gasteiger charge is 2.56. The fourth-order valence-corrected chi connectivity index (χ4v) is 3.92. The third-order valence-electron chi connectivity index (χ3n) is 5.21. The zero-order valence-electron chi connectivity index (χ0n) is 16.4. The first kappa shape index (κ1) is 19.4. The van der Waals surface area contributed by atoms with Crippen LogP contribution < -0.4 is 0 Å². The predicted molar refractivity (Wildman–Crippen MR) is 107 cm³/mol. The molecular weight excluding hydrogens is 377 g/mol. The van der Waals surface area contributed by atoms with E-state index in [1.807, 2.05) is 0 Å². The lowest BCUT2D eigenvalue weighted by Gasteiger charge is -2.44. The Morgan fingerprint density at radius 1 is 1.00 bits per heavy atom. The van der Waals surface area contributed by atoms with E-state index in [2.05, 4.69) is 9.98 Å². The first-order valence-corrected chi connectivity index (χ1v) is 9.38. The molecule has 4 rings (SSSR count). The zero-order valence-corrected chi connectivity index (χ0v) is 16.4. The van der Waals surface area contributed by atoms with Crippen LogP contribution in [0.25, 0.3) is 10.9 Å². The topological polar surface area (TPSA) is 34.5 Å². The number of fused-ring (bicyclic) bond motifs is 1. The standard InChI is InChI=1S/C23H21F3N2O/c1-21(2)14-22(3,23(25,26)17-9-5-4-6-10-17)28-20(29-21)16-12-15-8-7-11-18(24)19(15)27-13-16/h4-13H,14H2,1-3H3. The zero-order chi connectivity index (χ0) is 20.9. The molecular formula is C23H21F3N2O. The lowest BCUT2D eigenvalue weighted by atomic mass is 9.79. The second-order valence-corrected chi connectivity index (χ2v) is 8.21. The van der Waals surface area contributed by atoms with Crippen molar-refractivity contribution in [3.8, 4) is 0 Å². The van der Waals surface area contributed by atoms with E-state index in [0.29, 0.717) is 10.9 Å². The number of pyridine rings is 1. The van der Waals surface area contributed by atoms with Crippen LogP contribution in [0.15, 0.2) is 65.8 Å². The number of alkyl halides is 2. The predicted octanol–water partition coefficient (Wildman–Crippen LogP) is 5.87. The molecule has 3 aromatic rings. The smallest absolute Gasteiger partial charge is 0.297 e. The van der Waals surface area contributed by atoms with Crippen LogP contribution in [0.1, 0.15) is 38.3 Å². The molecule has 0 aliphatic carbocycles. The second-order valence-electron chi connectivity index (χ2n) is 8.21. The van der Waals surface area contributed by atoms with Crippen molar-refractivity contribution < 1.29 is 17.9 Å². The summed E-state index contributed by atoms with van der Waals surface area (Å²) in [6, 6.07) is 14.0. The largest absolute Gasteiger partial charge is 0.471 e. The second kappa shape index (κ2) is 6.58. The minimum Gasteiger partial charge on any atom is -0.471 e. The van der Waals surface area contributed by atoms with Crippen LogP contribution in [0.2, 0.25) is 0 Å². The van der Waals surface area contributed by atoms with Crippen LogP contribution in [0.4, 0.5) is 13.2 Å². The molecule has 1 aromatic heterocycles. The molecule has 6 heteroatoms. The average Bonchev–Trinajstić information content (AvgIpc) is 2.67. The first-order valence-electron chi connectivity index (χ1n) is 9.38. The van der Waals surface area contributed by atoms with Gasteiger partial charge in [-0.2, -0.15) is 8.78 Å². The molecule has 1 aliphatic rings. The van der Waals surface area contributed by atoms with Crippen molar-refractivity contribution >= 4 is 16.8 Å². The Balaban J connectivity index is 1.84. The Kier molecular flexibility index (Phi) is 4.41. The number of aliphatic imine (C=N–C) groups is 1. The van der Waals surface area contributed by atoms with Crippen LogP contribution in [-0.2, 0) is 10.7 Å². The van der Waals surface area contributed by atoms with Crippen LogP contribution >= 0.6 is 0 Å². The maximum atomic E-state index is 15.5. The summed E-state index contributed by atoms with van der Waals surface area (Å²) >= 11 is 0. The number of halogens is 3. The molecule has 29 heavy (non-hydrogen) atoms. The number of aromatic nitrogens is 1. The number of hydrogen-bond donors (Lipinski definition) is 0. The van der Waals surface area contributed by atoms with Crippen LogP contribution in [0.3, 0.4) is 0 Å². The van der Waals surface area contributed by atoms with Gasteiger partial charge in [-0.1, -0.05) is 42.5 Å². The summed E-state index contributed by atoms with van der Waals surface area (Å²) in [4.78, 5) is 8.52. The first-order chi connectivity index (χ1) is 13.6. The monoisotopic (exact) mass is 398 g/mol. The third-order valence-corrected chi connectivity index (χ3v) is 5.21. The van der Waals surface area contributed by atoms with Gasteiger partial charge in [-0.3, -0.25) is 4.98 Å². The fraction of sp³-hybridized carbons (Fsp3) is 0.304. The number of para-hydroxylation sites is 1. The molecule has 1 atom stereocenters. The van der Waals surface area contributed by atoms with Crippen LogP contribution in [-0.4, -0.2) is 22.0 Å². The summed E-state index contributed by atoms with van der Waals surface area (Å²) in [6.45, 7) is 4.96. The minimum absolute atomic E-state index is 0.0288. The van der Waals surface area contributed by atoms with Crippen LogP contribution in [0.5, 0.6) is 0 Å². The van der Waals surface area contributed by atoms with Gasteiger partial charge in [0.05, 0.1) is 5.56 Å². The molecule has 0 N–H and O–H groups in total. The number of rotatable bonds is 3. The summed E-state index contributed by atoms with van der Waals surface area (Å²) in [5, 5.41) is 0.550. The molecule has 150 valence electrons. The number of benzene rings is 2. The number of hydrogen-bond acceptors (Lipinski definition) is 3. The molecule has 2 heterocycles. The van der Waals surface area contributed by atoms with Crippen molar-refractivity contribution in [3.05, 3.63) is 77.7 Å². The SMILES string of the molecule is CC1(C)CC(C)(C(F)(F)c2ccccc2)N=C(c2cnc3c(F)cccc3c2)O1.